The van der Waals surface area contributed by atoms with Crippen LogP contribution in [0.1, 0.15) is 11.1 Å². The van der Waals surface area contributed by atoms with Crippen LogP contribution in [-0.4, -0.2) is 43.8 Å². The predicted octanol–water partition coefficient (Wildman–Crippen LogP) is 2.66. The molecule has 0 saturated heterocycles. The Balaban J connectivity index is 1.72. The van der Waals surface area contributed by atoms with Gasteiger partial charge in [0.05, 0.1) is 12.2 Å². The Hall–Kier alpha value is -2.38. The predicted molar refractivity (Wildman–Crippen MR) is 96.9 cm³/mol. The summed E-state index contributed by atoms with van der Waals surface area (Å²) in [5.41, 5.74) is 2.38. The number of benzene rings is 2. The molecule has 1 heterocycles. The van der Waals surface area contributed by atoms with Crippen LogP contribution < -0.4 is 5.32 Å². The number of aryl methyl sites for hydroxylation is 1. The van der Waals surface area contributed by atoms with E-state index in [0.717, 1.165) is 15.4 Å². The summed E-state index contributed by atoms with van der Waals surface area (Å²) in [7, 11) is -1.92. The highest BCUT2D eigenvalue weighted by atomic mass is 32.2. The van der Waals surface area contributed by atoms with Crippen molar-refractivity contribution in [3.8, 4) is 0 Å². The van der Waals surface area contributed by atoms with Gasteiger partial charge in [0, 0.05) is 13.1 Å². The van der Waals surface area contributed by atoms with Gasteiger partial charge in [0.15, 0.2) is 0 Å². The lowest BCUT2D eigenvalue weighted by molar-refractivity contribution is 0.227. The smallest absolute Gasteiger partial charge is 0.306 e. The van der Waals surface area contributed by atoms with Gasteiger partial charge in [0.1, 0.15) is 4.90 Å². The monoisotopic (exact) mass is 359 g/mol. The fourth-order valence-corrected chi connectivity index (χ4v) is 4.28. The highest BCUT2D eigenvalue weighted by Gasteiger charge is 2.36. The van der Waals surface area contributed by atoms with Crippen molar-refractivity contribution in [2.24, 2.45) is 0 Å². The van der Waals surface area contributed by atoms with Gasteiger partial charge in [-0.15, -0.1) is 0 Å². The molecular weight excluding hydrogens is 338 g/mol. The van der Waals surface area contributed by atoms with Crippen molar-refractivity contribution >= 4 is 21.7 Å². The summed E-state index contributed by atoms with van der Waals surface area (Å²) in [6.45, 7) is 3.09. The van der Waals surface area contributed by atoms with E-state index < -0.39 is 16.1 Å². The highest BCUT2D eigenvalue weighted by molar-refractivity contribution is 7.90. The summed E-state index contributed by atoms with van der Waals surface area (Å²) < 4.78 is 26.4. The van der Waals surface area contributed by atoms with Gasteiger partial charge in [0.25, 0.3) is 10.0 Å². The van der Waals surface area contributed by atoms with Crippen LogP contribution in [0.3, 0.4) is 0 Å². The molecule has 0 spiro atoms. The highest BCUT2D eigenvalue weighted by Crippen LogP contribution is 2.30. The molecule has 2 aromatic carbocycles. The minimum absolute atomic E-state index is 0.102. The minimum atomic E-state index is -3.82. The second kappa shape index (κ2) is 6.85. The van der Waals surface area contributed by atoms with Gasteiger partial charge in [-0.3, -0.25) is 0 Å². The Morgan fingerprint density at radius 3 is 2.56 bits per heavy atom. The lowest BCUT2D eigenvalue weighted by Crippen LogP contribution is -2.46. The summed E-state index contributed by atoms with van der Waals surface area (Å²) in [5, 5.41) is 2.67. The van der Waals surface area contributed by atoms with Gasteiger partial charge in [-0.2, -0.15) is 0 Å². The summed E-state index contributed by atoms with van der Waals surface area (Å²) in [4.78, 5) is 14.4. The fourth-order valence-electron chi connectivity index (χ4n) is 2.83. The number of urea groups is 1. The van der Waals surface area contributed by atoms with Crippen LogP contribution in [0.5, 0.6) is 0 Å². The molecule has 1 aliphatic rings. The van der Waals surface area contributed by atoms with E-state index >= 15 is 0 Å². The average molecular weight is 359 g/mol. The SMILES string of the molecule is Cc1ccc2c(c1)NC(=O)N(CCN(C)Cc1ccccc1)S2(=O)=O. The number of nitrogens with zero attached hydrogens (tertiary/aromatic N) is 2. The normalized spacial score (nSPS) is 15.8. The van der Waals surface area contributed by atoms with Gasteiger partial charge < -0.3 is 10.2 Å². The zero-order valence-electron chi connectivity index (χ0n) is 14.3. The molecule has 0 unspecified atom stereocenters. The standard InChI is InChI=1S/C18H21N3O3S/c1-14-8-9-17-16(12-14)19-18(22)21(25(17,23)24)11-10-20(2)13-15-6-4-3-5-7-15/h3-9,12H,10-11,13H2,1-2H3,(H,19,22). The van der Waals surface area contributed by atoms with Gasteiger partial charge in [0.2, 0.25) is 0 Å². The quantitative estimate of drug-likeness (QED) is 0.891. The van der Waals surface area contributed by atoms with Crippen LogP contribution >= 0.6 is 0 Å². The van der Waals surface area contributed by atoms with E-state index in [0.29, 0.717) is 18.8 Å². The fraction of sp³-hybridized carbons (Fsp3) is 0.278. The number of anilines is 1. The number of likely N-dealkylation sites (N-methyl/N-ethyl adjacent to an activating group) is 1. The topological polar surface area (TPSA) is 69.7 Å². The van der Waals surface area contributed by atoms with E-state index in [9.17, 15) is 13.2 Å². The summed E-state index contributed by atoms with van der Waals surface area (Å²) in [6, 6.07) is 14.2. The Bertz CT molecular complexity index is 882. The molecule has 2 aromatic rings. The van der Waals surface area contributed by atoms with E-state index in [4.69, 9.17) is 0 Å². The second-order valence-electron chi connectivity index (χ2n) is 6.23. The molecule has 1 aliphatic heterocycles. The molecule has 2 amide bonds. The first-order valence-corrected chi connectivity index (χ1v) is 9.49. The zero-order chi connectivity index (χ0) is 18.0. The van der Waals surface area contributed by atoms with E-state index in [1.54, 1.807) is 18.2 Å². The third kappa shape index (κ3) is 3.67. The molecule has 1 N–H and O–H groups in total. The third-order valence-corrected chi connectivity index (χ3v) is 5.99. The molecule has 0 fully saturated rings. The summed E-state index contributed by atoms with van der Waals surface area (Å²) in [5.74, 6) is 0. The molecule has 0 aliphatic carbocycles. The van der Waals surface area contributed by atoms with Gasteiger partial charge >= 0.3 is 6.03 Å². The number of carbonyl (C=O) groups excluding carboxylic acids is 1. The van der Waals surface area contributed by atoms with Crippen molar-refractivity contribution in [2.45, 2.75) is 18.4 Å². The van der Waals surface area contributed by atoms with E-state index in [1.165, 1.54) is 0 Å². The molecule has 7 heteroatoms. The largest absolute Gasteiger partial charge is 0.335 e. The Labute approximate surface area is 148 Å². The number of hydrogen-bond donors (Lipinski definition) is 1. The Morgan fingerprint density at radius 2 is 1.84 bits per heavy atom. The second-order valence-corrected chi connectivity index (χ2v) is 8.06. The number of sulfonamides is 1. The maximum atomic E-state index is 12.7. The summed E-state index contributed by atoms with van der Waals surface area (Å²) >= 11 is 0. The Morgan fingerprint density at radius 1 is 1.12 bits per heavy atom. The molecule has 0 saturated carbocycles. The van der Waals surface area contributed by atoms with Crippen LogP contribution in [0.25, 0.3) is 0 Å². The number of amides is 2. The molecule has 0 bridgehead atoms. The van der Waals surface area contributed by atoms with Gasteiger partial charge in [-0.05, 0) is 37.2 Å². The van der Waals surface area contributed by atoms with Crippen LogP contribution in [-0.2, 0) is 16.6 Å². The van der Waals surface area contributed by atoms with Crippen molar-refractivity contribution in [2.75, 3.05) is 25.5 Å². The number of fused-ring (bicyclic) bond motifs is 1. The molecule has 6 nitrogen and oxygen atoms in total. The average Bonchev–Trinajstić information content (AvgIpc) is 2.54. The van der Waals surface area contributed by atoms with Crippen LogP contribution in [0.2, 0.25) is 0 Å². The molecule has 3 rings (SSSR count). The van der Waals surface area contributed by atoms with Gasteiger partial charge in [-0.25, -0.2) is 17.5 Å². The maximum Gasteiger partial charge on any atom is 0.335 e. The number of nitrogens with one attached hydrogen (secondary N) is 1. The lowest BCUT2D eigenvalue weighted by atomic mass is 10.2. The minimum Gasteiger partial charge on any atom is -0.306 e. The summed E-state index contributed by atoms with van der Waals surface area (Å²) in [6.07, 6.45) is 0. The first-order chi connectivity index (χ1) is 11.9. The van der Waals surface area contributed by atoms with Crippen LogP contribution in [0, 0.1) is 6.92 Å². The van der Waals surface area contributed by atoms with Crippen molar-refractivity contribution in [3.63, 3.8) is 0 Å². The molecule has 0 radical (unpaired) electrons. The third-order valence-electron chi connectivity index (χ3n) is 4.15. The molecule has 25 heavy (non-hydrogen) atoms. The van der Waals surface area contributed by atoms with Gasteiger partial charge in [-0.1, -0.05) is 36.4 Å². The van der Waals surface area contributed by atoms with Crippen molar-refractivity contribution in [1.82, 2.24) is 9.21 Å². The van der Waals surface area contributed by atoms with E-state index in [2.05, 4.69) is 5.32 Å². The van der Waals surface area contributed by atoms with E-state index in [-0.39, 0.29) is 11.4 Å². The molecule has 0 aromatic heterocycles. The number of rotatable bonds is 5. The molecule has 0 atom stereocenters. The van der Waals surface area contributed by atoms with Crippen LogP contribution in [0.15, 0.2) is 53.4 Å². The maximum absolute atomic E-state index is 12.7. The number of carbonyl (C=O) groups is 1. The zero-order valence-corrected chi connectivity index (χ0v) is 15.1. The first kappa shape index (κ1) is 17.4. The van der Waals surface area contributed by atoms with Crippen molar-refractivity contribution in [1.29, 1.82) is 0 Å². The van der Waals surface area contributed by atoms with Crippen molar-refractivity contribution < 1.29 is 13.2 Å². The first-order valence-electron chi connectivity index (χ1n) is 8.05. The van der Waals surface area contributed by atoms with E-state index in [1.807, 2.05) is 49.2 Å². The molecule has 132 valence electrons. The van der Waals surface area contributed by atoms with Crippen LogP contribution in [0.4, 0.5) is 10.5 Å². The van der Waals surface area contributed by atoms with Crippen molar-refractivity contribution in [3.05, 3.63) is 59.7 Å². The molecular formula is C18H21N3O3S. The number of hydrogen-bond acceptors (Lipinski definition) is 4. The lowest BCUT2D eigenvalue weighted by Gasteiger charge is -2.30. The Kier molecular flexibility index (Phi) is 4.78.